The van der Waals surface area contributed by atoms with E-state index in [1.165, 1.54) is 61.5 Å². The molecule has 0 saturated heterocycles. The Morgan fingerprint density at radius 3 is 2.39 bits per heavy atom. The van der Waals surface area contributed by atoms with Crippen LogP contribution in [0.4, 0.5) is 0 Å². The van der Waals surface area contributed by atoms with Crippen LogP contribution < -0.4 is 5.32 Å². The van der Waals surface area contributed by atoms with Gasteiger partial charge in [-0.3, -0.25) is 0 Å². The molecule has 1 saturated carbocycles. The quantitative estimate of drug-likeness (QED) is 0.812. The number of hydrogen-bond donors (Lipinski definition) is 1. The van der Waals surface area contributed by atoms with Crippen molar-refractivity contribution in [3.05, 3.63) is 34.3 Å². The lowest BCUT2D eigenvalue weighted by atomic mass is 9.77. The van der Waals surface area contributed by atoms with Gasteiger partial charge in [0.15, 0.2) is 0 Å². The fourth-order valence-corrected chi connectivity index (χ4v) is 3.47. The van der Waals surface area contributed by atoms with Gasteiger partial charge in [-0.2, -0.15) is 0 Å². The molecule has 1 aromatic carbocycles. The zero-order valence-corrected chi connectivity index (χ0v) is 12.9. The second-order valence-corrected chi connectivity index (χ2v) is 6.60. The van der Waals surface area contributed by atoms with Gasteiger partial charge in [0.25, 0.3) is 0 Å². The molecule has 1 aliphatic carbocycles. The Bertz CT molecular complexity index is 352. The summed E-state index contributed by atoms with van der Waals surface area (Å²) < 4.78 is 1.18. The van der Waals surface area contributed by atoms with Crippen LogP contribution in [0.25, 0.3) is 0 Å². The minimum atomic E-state index is 0.621. The van der Waals surface area contributed by atoms with Gasteiger partial charge in [0.2, 0.25) is 0 Å². The second kappa shape index (κ2) is 6.72. The summed E-state index contributed by atoms with van der Waals surface area (Å²) in [6.07, 6.45) is 9.68. The first-order valence-electron chi connectivity index (χ1n) is 7.13. The summed E-state index contributed by atoms with van der Waals surface area (Å²) >= 11 is 3.50. The van der Waals surface area contributed by atoms with Crippen LogP contribution in [0.1, 0.15) is 44.1 Å². The third-order valence-electron chi connectivity index (χ3n) is 4.43. The second-order valence-electron chi connectivity index (χ2n) is 5.69. The predicted octanol–water partition coefficient (Wildman–Crippen LogP) is 4.55. The monoisotopic (exact) mass is 309 g/mol. The molecule has 1 aliphatic rings. The minimum Gasteiger partial charge on any atom is -0.320 e. The van der Waals surface area contributed by atoms with Gasteiger partial charge < -0.3 is 5.32 Å². The fourth-order valence-electron chi connectivity index (χ4n) is 3.20. The molecule has 18 heavy (non-hydrogen) atoms. The molecule has 0 bridgehead atoms. The molecule has 0 heterocycles. The van der Waals surface area contributed by atoms with E-state index in [1.54, 1.807) is 0 Å². The molecule has 0 spiro atoms. The number of halogens is 1. The standard InChI is InChI=1S/C16H24BrN/c1-18-13-12-16(9-2-3-10-16)11-8-14-4-6-15(17)7-5-14/h4-7,18H,2-3,8-13H2,1H3. The molecule has 0 amide bonds. The summed E-state index contributed by atoms with van der Waals surface area (Å²) in [5.41, 5.74) is 2.10. The molecular weight excluding hydrogens is 286 g/mol. The van der Waals surface area contributed by atoms with Gasteiger partial charge in [-0.1, -0.05) is 40.9 Å². The topological polar surface area (TPSA) is 12.0 Å². The highest BCUT2D eigenvalue weighted by Gasteiger charge is 2.32. The summed E-state index contributed by atoms with van der Waals surface area (Å²) in [4.78, 5) is 0. The van der Waals surface area contributed by atoms with E-state index < -0.39 is 0 Å². The lowest BCUT2D eigenvalue weighted by Crippen LogP contribution is -2.23. The van der Waals surface area contributed by atoms with Crippen LogP contribution in [0.5, 0.6) is 0 Å². The Morgan fingerprint density at radius 2 is 1.78 bits per heavy atom. The lowest BCUT2D eigenvalue weighted by Gasteiger charge is -2.29. The van der Waals surface area contributed by atoms with E-state index in [2.05, 4.69) is 52.6 Å². The molecule has 2 heteroatoms. The van der Waals surface area contributed by atoms with Gasteiger partial charge >= 0.3 is 0 Å². The number of nitrogens with one attached hydrogen (secondary N) is 1. The molecule has 1 fully saturated rings. The van der Waals surface area contributed by atoms with E-state index in [4.69, 9.17) is 0 Å². The first-order chi connectivity index (χ1) is 8.74. The lowest BCUT2D eigenvalue weighted by molar-refractivity contribution is 0.247. The number of rotatable bonds is 6. The van der Waals surface area contributed by atoms with Crippen molar-refractivity contribution in [3.63, 3.8) is 0 Å². The highest BCUT2D eigenvalue weighted by molar-refractivity contribution is 9.10. The summed E-state index contributed by atoms with van der Waals surface area (Å²) in [6, 6.07) is 8.82. The van der Waals surface area contributed by atoms with E-state index >= 15 is 0 Å². The summed E-state index contributed by atoms with van der Waals surface area (Å²) in [5.74, 6) is 0. The maximum absolute atomic E-state index is 3.50. The highest BCUT2D eigenvalue weighted by atomic mass is 79.9. The van der Waals surface area contributed by atoms with Crippen molar-refractivity contribution in [2.75, 3.05) is 13.6 Å². The van der Waals surface area contributed by atoms with E-state index in [-0.39, 0.29) is 0 Å². The predicted molar refractivity (Wildman–Crippen MR) is 81.9 cm³/mol. The van der Waals surface area contributed by atoms with Gasteiger partial charge in [0, 0.05) is 4.47 Å². The van der Waals surface area contributed by atoms with Gasteiger partial charge in [-0.15, -0.1) is 0 Å². The number of hydrogen-bond acceptors (Lipinski definition) is 1. The Balaban J connectivity index is 1.91. The molecule has 1 nitrogen and oxygen atoms in total. The van der Waals surface area contributed by atoms with Gasteiger partial charge in [-0.05, 0) is 68.8 Å². The number of aryl methyl sites for hydroxylation is 1. The molecule has 2 rings (SSSR count). The van der Waals surface area contributed by atoms with Crippen molar-refractivity contribution < 1.29 is 0 Å². The molecule has 0 atom stereocenters. The Labute approximate surface area is 119 Å². The van der Waals surface area contributed by atoms with Crippen LogP contribution in [0.2, 0.25) is 0 Å². The van der Waals surface area contributed by atoms with Crippen molar-refractivity contribution >= 4 is 15.9 Å². The van der Waals surface area contributed by atoms with Crippen molar-refractivity contribution in [1.29, 1.82) is 0 Å². The smallest absolute Gasteiger partial charge is 0.0175 e. The molecule has 1 N–H and O–H groups in total. The van der Waals surface area contributed by atoms with Crippen molar-refractivity contribution in [1.82, 2.24) is 5.32 Å². The first-order valence-corrected chi connectivity index (χ1v) is 7.92. The molecule has 100 valence electrons. The van der Waals surface area contributed by atoms with Gasteiger partial charge in [-0.25, -0.2) is 0 Å². The van der Waals surface area contributed by atoms with E-state index in [1.807, 2.05) is 0 Å². The molecule has 0 aromatic heterocycles. The van der Waals surface area contributed by atoms with Crippen LogP contribution in [0, 0.1) is 5.41 Å². The van der Waals surface area contributed by atoms with Crippen molar-refractivity contribution in [2.45, 2.75) is 44.9 Å². The fraction of sp³-hybridized carbons (Fsp3) is 0.625. The number of benzene rings is 1. The average molecular weight is 310 g/mol. The highest BCUT2D eigenvalue weighted by Crippen LogP contribution is 2.44. The Hall–Kier alpha value is -0.340. The van der Waals surface area contributed by atoms with Crippen LogP contribution in [-0.4, -0.2) is 13.6 Å². The third kappa shape index (κ3) is 3.83. The van der Waals surface area contributed by atoms with Crippen LogP contribution >= 0.6 is 15.9 Å². The van der Waals surface area contributed by atoms with E-state index in [9.17, 15) is 0 Å². The molecule has 0 radical (unpaired) electrons. The average Bonchev–Trinajstić information content (AvgIpc) is 2.85. The zero-order chi connectivity index (χ0) is 12.8. The summed E-state index contributed by atoms with van der Waals surface area (Å²) in [6.45, 7) is 1.17. The minimum absolute atomic E-state index is 0.621. The largest absolute Gasteiger partial charge is 0.320 e. The SMILES string of the molecule is CNCCC1(CCc2ccc(Br)cc2)CCCC1. The van der Waals surface area contributed by atoms with Crippen molar-refractivity contribution in [3.8, 4) is 0 Å². The molecular formula is C16H24BrN. The Morgan fingerprint density at radius 1 is 1.11 bits per heavy atom. The Kier molecular flexibility index (Phi) is 5.25. The van der Waals surface area contributed by atoms with E-state index in [0.717, 1.165) is 0 Å². The van der Waals surface area contributed by atoms with Gasteiger partial charge in [0.05, 0.1) is 0 Å². The van der Waals surface area contributed by atoms with Crippen molar-refractivity contribution in [2.24, 2.45) is 5.41 Å². The van der Waals surface area contributed by atoms with Crippen LogP contribution in [0.15, 0.2) is 28.7 Å². The molecule has 0 aliphatic heterocycles. The summed E-state index contributed by atoms with van der Waals surface area (Å²) in [7, 11) is 2.07. The third-order valence-corrected chi connectivity index (χ3v) is 4.96. The normalized spacial score (nSPS) is 18.1. The maximum Gasteiger partial charge on any atom is 0.0175 e. The van der Waals surface area contributed by atoms with Crippen LogP contribution in [0.3, 0.4) is 0 Å². The maximum atomic E-state index is 3.50. The summed E-state index contributed by atoms with van der Waals surface area (Å²) in [5, 5.41) is 3.32. The zero-order valence-electron chi connectivity index (χ0n) is 11.3. The molecule has 0 unspecified atom stereocenters. The van der Waals surface area contributed by atoms with E-state index in [0.29, 0.717) is 5.41 Å². The first kappa shape index (κ1) is 14.1. The van der Waals surface area contributed by atoms with Gasteiger partial charge in [0.1, 0.15) is 0 Å². The molecule has 1 aromatic rings. The van der Waals surface area contributed by atoms with Crippen LogP contribution in [-0.2, 0) is 6.42 Å².